The maximum atomic E-state index is 12.5. The first-order valence-electron chi connectivity index (χ1n) is 2.60. The van der Waals surface area contributed by atoms with Gasteiger partial charge in [-0.2, -0.15) is 0 Å². The second-order valence-electron chi connectivity index (χ2n) is 1.78. The monoisotopic (exact) mass is 180 g/mol. The molecule has 0 radical (unpaired) electrons. The van der Waals surface area contributed by atoms with Crippen molar-refractivity contribution in [3.63, 3.8) is 0 Å². The van der Waals surface area contributed by atoms with Crippen molar-refractivity contribution in [1.29, 1.82) is 0 Å². The Balaban J connectivity index is 3.00. The van der Waals surface area contributed by atoms with Gasteiger partial charge in [0.25, 0.3) is 0 Å². The van der Waals surface area contributed by atoms with Crippen LogP contribution in [0.25, 0.3) is 0 Å². The van der Waals surface area contributed by atoms with Crippen LogP contribution in [0.3, 0.4) is 0 Å². The topological polar surface area (TPSA) is 41.2 Å². The first-order valence-corrected chi connectivity index (χ1v) is 3.54. The zero-order valence-corrected chi connectivity index (χ0v) is 6.02. The molecule has 1 aromatic heterocycles. The molecule has 0 bridgehead atoms. The summed E-state index contributed by atoms with van der Waals surface area (Å²) in [5.41, 5.74) is 1.04. The van der Waals surface area contributed by atoms with Crippen LogP contribution in [0.1, 0.15) is 0 Å². The summed E-state index contributed by atoms with van der Waals surface area (Å²) in [5.74, 6) is -2.15. The summed E-state index contributed by atoms with van der Waals surface area (Å²) in [7, 11) is 0. The first kappa shape index (κ1) is 8.06. The van der Waals surface area contributed by atoms with Crippen molar-refractivity contribution in [2.75, 3.05) is 0 Å². The van der Waals surface area contributed by atoms with Crippen molar-refractivity contribution in [3.8, 4) is 0 Å². The summed E-state index contributed by atoms with van der Waals surface area (Å²) in [6.45, 7) is 0. The Morgan fingerprint density at radius 3 is 2.64 bits per heavy atom. The number of aromatic nitrogens is 1. The molecule has 0 spiro atoms. The number of rotatable bonds is 2. The lowest BCUT2D eigenvalue weighted by Crippen LogP contribution is -2.53. The van der Waals surface area contributed by atoms with Crippen molar-refractivity contribution in [2.24, 2.45) is 0 Å². The highest BCUT2D eigenvalue weighted by molar-refractivity contribution is 7.07. The van der Waals surface area contributed by atoms with Crippen molar-refractivity contribution in [2.45, 2.75) is 6.05 Å². The Kier molecular flexibility index (Phi) is 1.86. The van der Waals surface area contributed by atoms with Crippen molar-refractivity contribution in [3.05, 3.63) is 17.1 Å². The van der Waals surface area contributed by atoms with Crippen LogP contribution in [0, 0.1) is 0 Å². The molecule has 0 fully saturated rings. The summed E-state index contributed by atoms with van der Waals surface area (Å²) in [5, 5.41) is 9.42. The zero-order valence-electron chi connectivity index (χ0n) is 5.20. The molecule has 6 heteroatoms. The van der Waals surface area contributed by atoms with E-state index in [9.17, 15) is 13.6 Å². The van der Waals surface area contributed by atoms with Gasteiger partial charge in [0.1, 0.15) is 0 Å². The second kappa shape index (κ2) is 2.54. The molecular formula is C5H4F2NO2S+. The maximum absolute atomic E-state index is 12.5. The number of thiazole rings is 1. The number of alkyl halides is 2. The van der Waals surface area contributed by atoms with Gasteiger partial charge < -0.3 is 5.11 Å². The van der Waals surface area contributed by atoms with Crippen LogP contribution in [0.4, 0.5) is 8.78 Å². The number of carbonyl (C=O) groups is 1. The fourth-order valence-electron chi connectivity index (χ4n) is 0.507. The van der Waals surface area contributed by atoms with E-state index in [0.717, 1.165) is 23.0 Å². The third kappa shape index (κ3) is 1.35. The lowest BCUT2D eigenvalue weighted by atomic mass is 10.5. The summed E-state index contributed by atoms with van der Waals surface area (Å²) in [6.07, 6.45) is 1.01. The highest BCUT2D eigenvalue weighted by Gasteiger charge is 2.50. The molecule has 0 saturated carbocycles. The van der Waals surface area contributed by atoms with Gasteiger partial charge in [-0.3, -0.25) is 0 Å². The van der Waals surface area contributed by atoms with Crippen LogP contribution in [0.2, 0.25) is 0 Å². The third-order valence-electron chi connectivity index (χ3n) is 1.06. The third-order valence-corrected chi connectivity index (χ3v) is 1.68. The number of aliphatic carboxylic acids is 1. The normalized spacial score (nSPS) is 11.5. The molecule has 11 heavy (non-hydrogen) atoms. The van der Waals surface area contributed by atoms with E-state index >= 15 is 0 Å². The van der Waals surface area contributed by atoms with E-state index in [0.29, 0.717) is 4.57 Å². The molecule has 1 heterocycles. The first-order chi connectivity index (χ1) is 5.05. The van der Waals surface area contributed by atoms with E-state index in [2.05, 4.69) is 0 Å². The van der Waals surface area contributed by atoms with Crippen LogP contribution in [-0.2, 0) is 10.8 Å². The minimum absolute atomic E-state index is 0.347. The number of carboxylic acids is 1. The fraction of sp³-hybridized carbons (Fsp3) is 0.200. The van der Waals surface area contributed by atoms with E-state index in [1.54, 1.807) is 0 Å². The van der Waals surface area contributed by atoms with Crippen LogP contribution in [0.15, 0.2) is 17.1 Å². The molecular weight excluding hydrogens is 176 g/mol. The Morgan fingerprint density at radius 1 is 1.64 bits per heavy atom. The van der Waals surface area contributed by atoms with E-state index in [-0.39, 0.29) is 0 Å². The molecule has 0 aromatic carbocycles. The molecule has 0 atom stereocenters. The van der Waals surface area contributed by atoms with Gasteiger partial charge in [0, 0.05) is 0 Å². The molecule has 0 aliphatic carbocycles. The molecule has 1 N–H and O–H groups in total. The number of carboxylic acid groups (broad SMARTS) is 1. The Labute approximate surface area is 64.5 Å². The predicted molar refractivity (Wildman–Crippen MR) is 32.3 cm³/mol. The van der Waals surface area contributed by atoms with E-state index in [1.165, 1.54) is 5.38 Å². The maximum Gasteiger partial charge on any atom is 0.565 e. The molecule has 1 rings (SSSR count). The van der Waals surface area contributed by atoms with Crippen LogP contribution in [-0.4, -0.2) is 11.1 Å². The fourth-order valence-corrected chi connectivity index (χ4v) is 1.11. The Morgan fingerprint density at radius 2 is 2.27 bits per heavy atom. The van der Waals surface area contributed by atoms with Gasteiger partial charge in [-0.25, -0.2) is 4.79 Å². The number of hydrogen-bond donors (Lipinski definition) is 1. The molecule has 1 aromatic rings. The summed E-state index contributed by atoms with van der Waals surface area (Å²) < 4.78 is 25.3. The van der Waals surface area contributed by atoms with Crippen LogP contribution in [0.5, 0.6) is 0 Å². The van der Waals surface area contributed by atoms with E-state index < -0.39 is 12.0 Å². The standard InChI is InChI=1S/C5H3F2NO2S/c6-5(7,4(9)10)8-1-2-11-3-8/h1-3H/p+1. The molecule has 0 saturated heterocycles. The number of hydrogen-bond acceptors (Lipinski definition) is 2. The Bertz CT molecular complexity index is 259. The van der Waals surface area contributed by atoms with Gasteiger partial charge in [-0.1, -0.05) is 11.3 Å². The van der Waals surface area contributed by atoms with Crippen molar-refractivity contribution < 1.29 is 23.2 Å². The number of nitrogens with zero attached hydrogens (tertiary/aromatic N) is 1. The minimum atomic E-state index is -3.83. The molecule has 60 valence electrons. The van der Waals surface area contributed by atoms with Gasteiger partial charge in [-0.05, 0) is 0 Å². The smallest absolute Gasteiger partial charge is 0.471 e. The summed E-state index contributed by atoms with van der Waals surface area (Å²) >= 11 is 1.00. The van der Waals surface area contributed by atoms with Crippen molar-refractivity contribution >= 4 is 17.3 Å². The quantitative estimate of drug-likeness (QED) is 0.679. The molecule has 0 aliphatic heterocycles. The summed E-state index contributed by atoms with van der Waals surface area (Å²) in [6, 6.07) is -3.83. The average Bonchev–Trinajstić information content (AvgIpc) is 2.37. The van der Waals surface area contributed by atoms with Gasteiger partial charge in [0.05, 0.1) is 5.38 Å². The van der Waals surface area contributed by atoms with E-state index in [1.807, 2.05) is 0 Å². The van der Waals surface area contributed by atoms with Crippen LogP contribution >= 0.6 is 11.3 Å². The average molecular weight is 180 g/mol. The lowest BCUT2D eigenvalue weighted by Gasteiger charge is -2.00. The second-order valence-corrected chi connectivity index (χ2v) is 2.54. The Hall–Kier alpha value is -1.04. The molecule has 0 amide bonds. The predicted octanol–water partition coefficient (Wildman–Crippen LogP) is 0.670. The lowest BCUT2D eigenvalue weighted by molar-refractivity contribution is -0.802. The molecule has 3 nitrogen and oxygen atoms in total. The SMILES string of the molecule is O=C(O)C(F)(F)[n+]1ccsc1. The molecule has 0 aliphatic rings. The van der Waals surface area contributed by atoms with Crippen LogP contribution < -0.4 is 4.57 Å². The van der Waals surface area contributed by atoms with E-state index in [4.69, 9.17) is 5.11 Å². The highest BCUT2D eigenvalue weighted by Crippen LogP contribution is 2.12. The van der Waals surface area contributed by atoms with Crippen molar-refractivity contribution in [1.82, 2.24) is 0 Å². The van der Waals surface area contributed by atoms with Gasteiger partial charge >= 0.3 is 12.0 Å². The van der Waals surface area contributed by atoms with Gasteiger partial charge in [0.15, 0.2) is 6.20 Å². The highest BCUT2D eigenvalue weighted by atomic mass is 32.1. The van der Waals surface area contributed by atoms with Gasteiger partial charge in [0.2, 0.25) is 5.51 Å². The summed E-state index contributed by atoms with van der Waals surface area (Å²) in [4.78, 5) is 9.95. The largest absolute Gasteiger partial charge is 0.565 e. The molecule has 0 unspecified atom stereocenters. The minimum Gasteiger partial charge on any atom is -0.471 e. The zero-order chi connectivity index (χ0) is 8.48. The van der Waals surface area contributed by atoms with Gasteiger partial charge in [-0.15, -0.1) is 13.3 Å². The number of halogens is 2.